The van der Waals surface area contributed by atoms with Gasteiger partial charge < -0.3 is 29.4 Å². The van der Waals surface area contributed by atoms with Crippen molar-refractivity contribution in [3.8, 4) is 16.9 Å². The highest BCUT2D eigenvalue weighted by Crippen LogP contribution is 2.36. The van der Waals surface area contributed by atoms with Crippen molar-refractivity contribution in [2.45, 2.75) is 0 Å². The van der Waals surface area contributed by atoms with Gasteiger partial charge in [0.25, 0.3) is 0 Å². The number of rotatable bonds is 3. The zero-order chi connectivity index (χ0) is 18.9. The summed E-state index contributed by atoms with van der Waals surface area (Å²) in [6.45, 7) is 5.90. The molecule has 0 aliphatic carbocycles. The molecule has 0 bridgehead atoms. The van der Waals surface area contributed by atoms with Crippen LogP contribution in [0, 0.1) is 0 Å². The Labute approximate surface area is 162 Å². The number of morpholine rings is 2. The van der Waals surface area contributed by atoms with E-state index in [1.165, 1.54) is 0 Å². The molecule has 2 saturated heterocycles. The van der Waals surface area contributed by atoms with Gasteiger partial charge in [0.1, 0.15) is 17.2 Å². The van der Waals surface area contributed by atoms with Crippen molar-refractivity contribution in [1.82, 2.24) is 15.0 Å². The molecule has 8 nitrogen and oxygen atoms in total. The number of hydrogen-bond donors (Lipinski definition) is 2. The molecule has 5 rings (SSSR count). The van der Waals surface area contributed by atoms with Crippen LogP contribution in [0.4, 0.5) is 11.8 Å². The topological polar surface area (TPSA) is 86.7 Å². The lowest BCUT2D eigenvalue weighted by Gasteiger charge is -2.31. The molecule has 2 aliphatic heterocycles. The molecule has 2 fully saturated rings. The highest BCUT2D eigenvalue weighted by Gasteiger charge is 2.24. The molecule has 0 atom stereocenters. The van der Waals surface area contributed by atoms with Crippen LogP contribution in [0.3, 0.4) is 0 Å². The maximum Gasteiger partial charge on any atom is 0.229 e. The van der Waals surface area contributed by atoms with Crippen molar-refractivity contribution in [2.75, 3.05) is 62.4 Å². The summed E-state index contributed by atoms with van der Waals surface area (Å²) >= 11 is 0. The number of benzene rings is 1. The van der Waals surface area contributed by atoms with Crippen LogP contribution in [0.5, 0.6) is 5.75 Å². The highest BCUT2D eigenvalue weighted by atomic mass is 16.5. The summed E-state index contributed by atoms with van der Waals surface area (Å²) in [5, 5.41) is 10.9. The third kappa shape index (κ3) is 3.14. The molecule has 0 radical (unpaired) electrons. The molecule has 1 aromatic carbocycles. The van der Waals surface area contributed by atoms with Crippen LogP contribution >= 0.6 is 0 Å². The van der Waals surface area contributed by atoms with Gasteiger partial charge in [0, 0.05) is 37.9 Å². The van der Waals surface area contributed by atoms with Crippen LogP contribution in [-0.4, -0.2) is 72.7 Å². The Morgan fingerprint density at radius 2 is 1.64 bits per heavy atom. The van der Waals surface area contributed by atoms with Crippen LogP contribution in [0.25, 0.3) is 22.2 Å². The van der Waals surface area contributed by atoms with Gasteiger partial charge in [-0.25, -0.2) is 0 Å². The van der Waals surface area contributed by atoms with Crippen LogP contribution in [0.15, 0.2) is 30.5 Å². The fourth-order valence-electron chi connectivity index (χ4n) is 3.81. The maximum atomic E-state index is 9.93. The monoisotopic (exact) mass is 381 g/mol. The quantitative estimate of drug-likeness (QED) is 0.718. The second kappa shape index (κ2) is 7.29. The molecule has 3 aromatic rings. The van der Waals surface area contributed by atoms with Crippen molar-refractivity contribution in [1.29, 1.82) is 0 Å². The van der Waals surface area contributed by atoms with Crippen LogP contribution in [-0.2, 0) is 9.47 Å². The lowest BCUT2D eigenvalue weighted by Crippen LogP contribution is -2.39. The molecule has 0 amide bonds. The normalized spacial score (nSPS) is 18.0. The van der Waals surface area contributed by atoms with Crippen LogP contribution in [0.2, 0.25) is 0 Å². The van der Waals surface area contributed by atoms with Crippen molar-refractivity contribution >= 4 is 22.8 Å². The Morgan fingerprint density at radius 1 is 0.929 bits per heavy atom. The van der Waals surface area contributed by atoms with Crippen molar-refractivity contribution < 1.29 is 14.6 Å². The average Bonchev–Trinajstić information content (AvgIpc) is 3.18. The molecule has 28 heavy (non-hydrogen) atoms. The number of nitrogens with zero attached hydrogens (tertiary/aromatic N) is 4. The highest BCUT2D eigenvalue weighted by molar-refractivity contribution is 6.02. The number of fused-ring (bicyclic) bond motifs is 1. The number of phenolic OH excluding ortho intramolecular Hbond substituents is 1. The maximum absolute atomic E-state index is 9.93. The molecule has 0 saturated carbocycles. The standard InChI is InChI=1S/C20H23N5O3/c26-15-3-1-2-14(12-15)16-13-21-18-17(16)19(24-4-8-27-9-5-24)23-20(22-18)25-6-10-28-11-7-25/h1-3,12-13,26H,4-11H2,(H,21,22,23). The minimum atomic E-state index is 0.241. The van der Waals surface area contributed by atoms with Crippen molar-refractivity contribution in [3.63, 3.8) is 0 Å². The zero-order valence-corrected chi connectivity index (χ0v) is 15.6. The molecule has 2 aromatic heterocycles. The Kier molecular flexibility index (Phi) is 4.50. The Balaban J connectivity index is 1.66. The fraction of sp³-hybridized carbons (Fsp3) is 0.400. The number of anilines is 2. The van der Waals surface area contributed by atoms with E-state index in [0.29, 0.717) is 26.4 Å². The van der Waals surface area contributed by atoms with E-state index in [2.05, 4.69) is 14.8 Å². The first-order chi connectivity index (χ1) is 13.8. The van der Waals surface area contributed by atoms with Crippen LogP contribution < -0.4 is 9.80 Å². The first-order valence-electron chi connectivity index (χ1n) is 9.63. The van der Waals surface area contributed by atoms with Gasteiger partial charge in [0.15, 0.2) is 0 Å². The van der Waals surface area contributed by atoms with Gasteiger partial charge in [-0.05, 0) is 17.7 Å². The van der Waals surface area contributed by atoms with Crippen LogP contribution in [0.1, 0.15) is 0 Å². The van der Waals surface area contributed by atoms with E-state index in [-0.39, 0.29) is 5.75 Å². The summed E-state index contributed by atoms with van der Waals surface area (Å²) in [5.74, 6) is 1.88. The van der Waals surface area contributed by atoms with E-state index < -0.39 is 0 Å². The second-order valence-electron chi connectivity index (χ2n) is 7.02. The third-order valence-electron chi connectivity index (χ3n) is 5.26. The predicted octanol–water partition coefficient (Wildman–Crippen LogP) is 2.00. The summed E-state index contributed by atoms with van der Waals surface area (Å²) in [4.78, 5) is 17.5. The first-order valence-corrected chi connectivity index (χ1v) is 9.63. The largest absolute Gasteiger partial charge is 0.508 e. The molecular weight excluding hydrogens is 358 g/mol. The SMILES string of the molecule is Oc1cccc(-c2c[nH]c3nc(N4CCOCC4)nc(N4CCOCC4)c23)c1. The van der Waals surface area contributed by atoms with Gasteiger partial charge in [0.2, 0.25) is 5.95 Å². The summed E-state index contributed by atoms with van der Waals surface area (Å²) < 4.78 is 11.0. The molecule has 4 heterocycles. The molecule has 8 heteroatoms. The molecule has 0 spiro atoms. The summed E-state index contributed by atoms with van der Waals surface area (Å²) in [7, 11) is 0. The van der Waals surface area contributed by atoms with Gasteiger partial charge in [-0.1, -0.05) is 12.1 Å². The molecule has 0 unspecified atom stereocenters. The van der Waals surface area contributed by atoms with Crippen molar-refractivity contribution in [2.24, 2.45) is 0 Å². The zero-order valence-electron chi connectivity index (χ0n) is 15.6. The smallest absolute Gasteiger partial charge is 0.229 e. The Bertz CT molecular complexity index is 977. The van der Waals surface area contributed by atoms with Crippen molar-refractivity contribution in [3.05, 3.63) is 30.5 Å². The van der Waals surface area contributed by atoms with Gasteiger partial charge >= 0.3 is 0 Å². The van der Waals surface area contributed by atoms with E-state index in [9.17, 15) is 5.11 Å². The Morgan fingerprint density at radius 3 is 2.36 bits per heavy atom. The predicted molar refractivity (Wildman–Crippen MR) is 107 cm³/mol. The summed E-state index contributed by atoms with van der Waals surface area (Å²) in [6.07, 6.45) is 1.95. The van der Waals surface area contributed by atoms with E-state index in [1.54, 1.807) is 12.1 Å². The number of nitrogens with one attached hydrogen (secondary N) is 1. The van der Waals surface area contributed by atoms with E-state index in [1.807, 2.05) is 18.3 Å². The lowest BCUT2D eigenvalue weighted by molar-refractivity contribution is 0.121. The minimum absolute atomic E-state index is 0.241. The van der Waals surface area contributed by atoms with E-state index in [0.717, 1.165) is 60.1 Å². The number of aromatic amines is 1. The van der Waals surface area contributed by atoms with E-state index in [4.69, 9.17) is 19.4 Å². The molecule has 146 valence electrons. The number of phenols is 1. The summed E-state index contributed by atoms with van der Waals surface area (Å²) in [6, 6.07) is 7.28. The molecule has 2 aliphatic rings. The van der Waals surface area contributed by atoms with E-state index >= 15 is 0 Å². The molecule has 2 N–H and O–H groups in total. The number of aromatic nitrogens is 3. The van der Waals surface area contributed by atoms with Gasteiger partial charge in [0.05, 0.1) is 31.8 Å². The minimum Gasteiger partial charge on any atom is -0.508 e. The van der Waals surface area contributed by atoms with Gasteiger partial charge in [-0.15, -0.1) is 0 Å². The number of H-pyrrole nitrogens is 1. The second-order valence-corrected chi connectivity index (χ2v) is 7.02. The fourth-order valence-corrected chi connectivity index (χ4v) is 3.81. The number of ether oxygens (including phenoxy) is 2. The number of hydrogen-bond acceptors (Lipinski definition) is 7. The van der Waals surface area contributed by atoms with Gasteiger partial charge in [-0.3, -0.25) is 0 Å². The number of aromatic hydroxyl groups is 1. The molecular formula is C20H23N5O3. The average molecular weight is 381 g/mol. The first kappa shape index (κ1) is 17.3. The summed E-state index contributed by atoms with van der Waals surface area (Å²) in [5.41, 5.74) is 2.72. The van der Waals surface area contributed by atoms with Gasteiger partial charge in [-0.2, -0.15) is 9.97 Å². The Hall–Kier alpha value is -2.84. The lowest BCUT2D eigenvalue weighted by atomic mass is 10.1. The third-order valence-corrected chi connectivity index (χ3v) is 5.26.